The van der Waals surface area contributed by atoms with Crippen molar-refractivity contribution in [1.82, 2.24) is 4.90 Å². The van der Waals surface area contributed by atoms with Crippen molar-refractivity contribution < 1.29 is 0 Å². The number of hydrogen-bond donors (Lipinski definition) is 1. The van der Waals surface area contributed by atoms with Gasteiger partial charge in [0.1, 0.15) is 0 Å². The Morgan fingerprint density at radius 2 is 1.93 bits per heavy atom. The first-order valence-electron chi connectivity index (χ1n) is 6.25. The van der Waals surface area contributed by atoms with E-state index in [1.165, 1.54) is 45.1 Å². The molecular formula is C12H24N2. The van der Waals surface area contributed by atoms with Crippen molar-refractivity contribution in [2.24, 2.45) is 11.7 Å². The molecule has 2 fully saturated rings. The van der Waals surface area contributed by atoms with Crippen LogP contribution in [-0.4, -0.2) is 30.1 Å². The number of nitrogens with zero attached hydrogens (tertiary/aromatic N) is 1. The quantitative estimate of drug-likeness (QED) is 0.732. The minimum atomic E-state index is 0.439. The van der Waals surface area contributed by atoms with Gasteiger partial charge in [-0.2, -0.15) is 0 Å². The molecule has 0 bridgehead atoms. The highest BCUT2D eigenvalue weighted by atomic mass is 15.2. The van der Waals surface area contributed by atoms with Gasteiger partial charge < -0.3 is 5.73 Å². The molecule has 2 heteroatoms. The molecule has 0 radical (unpaired) electrons. The van der Waals surface area contributed by atoms with Crippen molar-refractivity contribution in [1.29, 1.82) is 0 Å². The molecule has 2 atom stereocenters. The second-order valence-electron chi connectivity index (χ2n) is 5.30. The molecule has 2 rings (SSSR count). The van der Waals surface area contributed by atoms with Crippen molar-refractivity contribution in [3.8, 4) is 0 Å². The molecule has 0 aromatic rings. The van der Waals surface area contributed by atoms with Gasteiger partial charge in [-0.25, -0.2) is 0 Å². The third-order valence-electron chi connectivity index (χ3n) is 3.95. The topological polar surface area (TPSA) is 29.3 Å². The second-order valence-corrected chi connectivity index (χ2v) is 5.30. The summed E-state index contributed by atoms with van der Waals surface area (Å²) in [7, 11) is 0. The van der Waals surface area contributed by atoms with Gasteiger partial charge in [0.25, 0.3) is 0 Å². The van der Waals surface area contributed by atoms with Crippen LogP contribution in [0.15, 0.2) is 0 Å². The van der Waals surface area contributed by atoms with Crippen LogP contribution >= 0.6 is 0 Å². The number of rotatable bonds is 2. The molecule has 2 unspecified atom stereocenters. The smallest absolute Gasteiger partial charge is 0.0182 e. The van der Waals surface area contributed by atoms with E-state index in [2.05, 4.69) is 11.8 Å². The lowest BCUT2D eigenvalue weighted by atomic mass is 9.89. The molecule has 1 aliphatic carbocycles. The maximum Gasteiger partial charge on any atom is 0.0182 e. The Morgan fingerprint density at radius 3 is 2.50 bits per heavy atom. The summed E-state index contributed by atoms with van der Waals surface area (Å²) in [5.41, 5.74) is 5.98. The third-order valence-corrected chi connectivity index (χ3v) is 3.95. The summed E-state index contributed by atoms with van der Waals surface area (Å²) in [6.07, 6.45) is 8.49. The lowest BCUT2D eigenvalue weighted by molar-refractivity contribution is 0.195. The molecule has 0 spiro atoms. The molecule has 0 aromatic carbocycles. The summed E-state index contributed by atoms with van der Waals surface area (Å²) >= 11 is 0. The van der Waals surface area contributed by atoms with E-state index in [-0.39, 0.29) is 0 Å². The Balaban J connectivity index is 1.78. The Morgan fingerprint density at radius 1 is 1.21 bits per heavy atom. The summed E-state index contributed by atoms with van der Waals surface area (Å²) in [5.74, 6) is 0.969. The second kappa shape index (κ2) is 4.63. The van der Waals surface area contributed by atoms with Crippen LogP contribution < -0.4 is 5.73 Å². The van der Waals surface area contributed by atoms with E-state index in [4.69, 9.17) is 5.73 Å². The highest BCUT2D eigenvalue weighted by Crippen LogP contribution is 2.27. The fourth-order valence-electron chi connectivity index (χ4n) is 3.10. The summed E-state index contributed by atoms with van der Waals surface area (Å²) in [6.45, 7) is 4.78. The van der Waals surface area contributed by atoms with Crippen molar-refractivity contribution in [3.63, 3.8) is 0 Å². The van der Waals surface area contributed by atoms with E-state index in [1.54, 1.807) is 0 Å². The molecule has 1 heterocycles. The molecule has 0 amide bonds. The molecular weight excluding hydrogens is 172 g/mol. The monoisotopic (exact) mass is 196 g/mol. The van der Waals surface area contributed by atoms with E-state index < -0.39 is 0 Å². The average molecular weight is 196 g/mol. The first-order valence-corrected chi connectivity index (χ1v) is 6.25. The Bertz CT molecular complexity index is 175. The van der Waals surface area contributed by atoms with Gasteiger partial charge in [0.15, 0.2) is 0 Å². The largest absolute Gasteiger partial charge is 0.326 e. The van der Waals surface area contributed by atoms with Crippen LogP contribution in [0.2, 0.25) is 0 Å². The fraction of sp³-hybridized carbons (Fsp3) is 1.00. The molecule has 1 saturated heterocycles. The van der Waals surface area contributed by atoms with Crippen molar-refractivity contribution >= 4 is 0 Å². The van der Waals surface area contributed by atoms with Crippen LogP contribution in [0.25, 0.3) is 0 Å². The van der Waals surface area contributed by atoms with E-state index >= 15 is 0 Å². The van der Waals surface area contributed by atoms with Crippen molar-refractivity contribution in [2.45, 2.75) is 57.5 Å². The highest BCUT2D eigenvalue weighted by molar-refractivity contribution is 4.86. The van der Waals surface area contributed by atoms with Gasteiger partial charge in [0, 0.05) is 25.2 Å². The first kappa shape index (κ1) is 10.4. The summed E-state index contributed by atoms with van der Waals surface area (Å²) in [5, 5.41) is 0. The van der Waals surface area contributed by atoms with Crippen molar-refractivity contribution in [3.05, 3.63) is 0 Å². The Labute approximate surface area is 87.8 Å². The van der Waals surface area contributed by atoms with Gasteiger partial charge in [-0.05, 0) is 32.1 Å². The van der Waals surface area contributed by atoms with Crippen LogP contribution in [0, 0.1) is 5.92 Å². The van der Waals surface area contributed by atoms with Gasteiger partial charge in [-0.15, -0.1) is 0 Å². The van der Waals surface area contributed by atoms with Crippen LogP contribution in [0.1, 0.15) is 45.4 Å². The van der Waals surface area contributed by atoms with Crippen LogP contribution in [0.3, 0.4) is 0 Å². The van der Waals surface area contributed by atoms with Crippen LogP contribution in [0.4, 0.5) is 0 Å². The van der Waals surface area contributed by atoms with Gasteiger partial charge in [-0.3, -0.25) is 4.90 Å². The summed E-state index contributed by atoms with van der Waals surface area (Å²) in [4.78, 5) is 2.61. The maximum absolute atomic E-state index is 5.98. The molecule has 1 aliphatic heterocycles. The average Bonchev–Trinajstić information content (AvgIpc) is 2.47. The SMILES string of the molecule is CC1CC(N)CN1CC1CCCCC1. The van der Waals surface area contributed by atoms with Crippen LogP contribution in [-0.2, 0) is 0 Å². The molecule has 2 nitrogen and oxygen atoms in total. The Kier molecular flexibility index (Phi) is 3.45. The van der Waals surface area contributed by atoms with E-state index in [0.717, 1.165) is 18.5 Å². The maximum atomic E-state index is 5.98. The van der Waals surface area contributed by atoms with Gasteiger partial charge in [0.2, 0.25) is 0 Å². The molecule has 2 aliphatic rings. The van der Waals surface area contributed by atoms with E-state index in [0.29, 0.717) is 6.04 Å². The zero-order valence-corrected chi connectivity index (χ0v) is 9.41. The molecule has 14 heavy (non-hydrogen) atoms. The lowest BCUT2D eigenvalue weighted by Crippen LogP contribution is -2.34. The number of nitrogens with two attached hydrogens (primary N) is 1. The molecule has 2 N–H and O–H groups in total. The van der Waals surface area contributed by atoms with Gasteiger partial charge in [0.05, 0.1) is 0 Å². The molecule has 1 saturated carbocycles. The summed E-state index contributed by atoms with van der Waals surface area (Å²) < 4.78 is 0. The van der Waals surface area contributed by atoms with E-state index in [9.17, 15) is 0 Å². The minimum absolute atomic E-state index is 0.439. The highest BCUT2D eigenvalue weighted by Gasteiger charge is 2.28. The lowest BCUT2D eigenvalue weighted by Gasteiger charge is -2.29. The predicted molar refractivity (Wildman–Crippen MR) is 60.2 cm³/mol. The van der Waals surface area contributed by atoms with E-state index in [1.807, 2.05) is 0 Å². The van der Waals surface area contributed by atoms with Gasteiger partial charge >= 0.3 is 0 Å². The molecule has 0 aromatic heterocycles. The number of likely N-dealkylation sites (tertiary alicyclic amines) is 1. The molecule has 82 valence electrons. The standard InChI is InChI=1S/C12H24N2/c1-10-7-12(13)9-14(10)8-11-5-3-2-4-6-11/h10-12H,2-9,13H2,1H3. The zero-order chi connectivity index (χ0) is 9.97. The Hall–Kier alpha value is -0.0800. The predicted octanol–water partition coefficient (Wildman–Crippen LogP) is 1.99. The third kappa shape index (κ3) is 2.48. The van der Waals surface area contributed by atoms with Crippen molar-refractivity contribution in [2.75, 3.05) is 13.1 Å². The normalized spacial score (nSPS) is 36.4. The minimum Gasteiger partial charge on any atom is -0.326 e. The van der Waals surface area contributed by atoms with Gasteiger partial charge in [-0.1, -0.05) is 19.3 Å². The number of hydrogen-bond acceptors (Lipinski definition) is 2. The summed E-state index contributed by atoms with van der Waals surface area (Å²) in [6, 6.07) is 1.17. The fourth-order valence-corrected chi connectivity index (χ4v) is 3.10. The first-order chi connectivity index (χ1) is 6.75. The van der Waals surface area contributed by atoms with Crippen LogP contribution in [0.5, 0.6) is 0 Å². The zero-order valence-electron chi connectivity index (χ0n) is 9.41.